The van der Waals surface area contributed by atoms with E-state index in [2.05, 4.69) is 30.9 Å². The topological polar surface area (TPSA) is 109 Å². The third-order valence-electron chi connectivity index (χ3n) is 6.69. The lowest BCUT2D eigenvalue weighted by atomic mass is 9.97. The van der Waals surface area contributed by atoms with E-state index < -0.39 is 20.5 Å². The van der Waals surface area contributed by atoms with Gasteiger partial charge in [-0.25, -0.2) is 18.7 Å². The SMILES string of the molecule is [CH2]C1(c2ccc(C#Cc3cc4n(c3)C(=O)N(CC[C@](C)(C(=O)NO)S(C)(=O)=O)C4)cc2)CC1. The van der Waals surface area contributed by atoms with Gasteiger partial charge in [-0.1, -0.05) is 24.0 Å². The van der Waals surface area contributed by atoms with E-state index in [1.807, 2.05) is 18.2 Å². The van der Waals surface area contributed by atoms with Crippen LogP contribution in [-0.2, 0) is 26.6 Å². The Morgan fingerprint density at radius 1 is 1.24 bits per heavy atom. The fraction of sp³-hybridized carbons (Fsp3) is 0.375. The lowest BCUT2D eigenvalue weighted by Crippen LogP contribution is -2.50. The quantitative estimate of drug-likeness (QED) is 0.384. The van der Waals surface area contributed by atoms with Gasteiger partial charge >= 0.3 is 6.03 Å². The van der Waals surface area contributed by atoms with Crippen molar-refractivity contribution in [2.24, 2.45) is 0 Å². The highest BCUT2D eigenvalue weighted by atomic mass is 32.2. The van der Waals surface area contributed by atoms with E-state index in [-0.39, 0.29) is 31.0 Å². The van der Waals surface area contributed by atoms with Gasteiger partial charge in [0.2, 0.25) is 0 Å². The molecule has 4 rings (SSSR count). The van der Waals surface area contributed by atoms with Gasteiger partial charge in [-0.2, -0.15) is 0 Å². The number of hydrogen-bond acceptors (Lipinski definition) is 5. The highest BCUT2D eigenvalue weighted by Crippen LogP contribution is 2.47. The minimum Gasteiger partial charge on any atom is -0.318 e. The van der Waals surface area contributed by atoms with Crippen LogP contribution in [0.5, 0.6) is 0 Å². The first-order valence-electron chi connectivity index (χ1n) is 10.6. The van der Waals surface area contributed by atoms with Crippen molar-refractivity contribution in [3.8, 4) is 11.8 Å². The van der Waals surface area contributed by atoms with Crippen LogP contribution in [-0.4, -0.2) is 52.6 Å². The molecule has 2 heterocycles. The number of aromatic nitrogens is 1. The summed E-state index contributed by atoms with van der Waals surface area (Å²) in [5, 5.41) is 8.94. The summed E-state index contributed by atoms with van der Waals surface area (Å²) < 4.78 is 23.9. The summed E-state index contributed by atoms with van der Waals surface area (Å²) in [6, 6.07) is 9.59. The Hall–Kier alpha value is -3.09. The van der Waals surface area contributed by atoms with E-state index in [1.54, 1.807) is 6.20 Å². The summed E-state index contributed by atoms with van der Waals surface area (Å²) >= 11 is 0. The number of hydroxylamine groups is 1. The molecule has 1 aromatic heterocycles. The third-order valence-corrected chi connectivity index (χ3v) is 8.72. The maximum absolute atomic E-state index is 12.8. The summed E-state index contributed by atoms with van der Waals surface area (Å²) in [5.41, 5.74) is 5.03. The standard InChI is InChI=1S/C24H26N3O5S/c1-23(10-11-23)19-8-6-17(7-9-19)4-5-18-14-20-16-26(22(29)27(20)15-18)13-12-24(2,21(28)25-30)33(3,31)32/h6-9,14-15,30H,1,10-13,16H2,2-3H3,(H,25,28)/t24-/m1/s1. The summed E-state index contributed by atoms with van der Waals surface area (Å²) in [7, 11) is -3.83. The van der Waals surface area contributed by atoms with Gasteiger partial charge in [0.25, 0.3) is 5.91 Å². The number of benzene rings is 1. The zero-order valence-corrected chi connectivity index (χ0v) is 19.4. The van der Waals surface area contributed by atoms with Crippen LogP contribution in [0.15, 0.2) is 36.5 Å². The highest BCUT2D eigenvalue weighted by molar-refractivity contribution is 7.92. The number of carbonyl (C=O) groups is 2. The van der Waals surface area contributed by atoms with Crippen LogP contribution in [0.2, 0.25) is 0 Å². The Balaban J connectivity index is 1.42. The average molecular weight is 469 g/mol. The molecule has 33 heavy (non-hydrogen) atoms. The molecule has 1 saturated carbocycles. The van der Waals surface area contributed by atoms with Crippen molar-refractivity contribution in [3.05, 3.63) is 65.8 Å². The molecule has 1 aliphatic carbocycles. The molecule has 1 fully saturated rings. The second kappa shape index (κ2) is 8.04. The number of hydrogen-bond donors (Lipinski definition) is 2. The zero-order valence-electron chi connectivity index (χ0n) is 18.6. The predicted molar refractivity (Wildman–Crippen MR) is 122 cm³/mol. The Kier molecular flexibility index (Phi) is 5.63. The molecular formula is C24H26N3O5S. The summed E-state index contributed by atoms with van der Waals surface area (Å²) in [6.07, 6.45) is 4.67. The van der Waals surface area contributed by atoms with Crippen LogP contribution < -0.4 is 5.48 Å². The van der Waals surface area contributed by atoms with Crippen LogP contribution in [0.4, 0.5) is 4.79 Å². The smallest absolute Gasteiger partial charge is 0.318 e. The van der Waals surface area contributed by atoms with Gasteiger partial charge in [-0.3, -0.25) is 14.6 Å². The number of nitrogens with zero attached hydrogens (tertiary/aromatic N) is 2. The van der Waals surface area contributed by atoms with Gasteiger partial charge in [0, 0.05) is 35.8 Å². The Labute approximate surface area is 193 Å². The lowest BCUT2D eigenvalue weighted by Gasteiger charge is -2.27. The van der Waals surface area contributed by atoms with Crippen molar-refractivity contribution in [2.75, 3.05) is 12.8 Å². The molecule has 9 heteroatoms. The van der Waals surface area contributed by atoms with Gasteiger partial charge in [0.15, 0.2) is 14.6 Å². The van der Waals surface area contributed by atoms with Crippen molar-refractivity contribution in [1.29, 1.82) is 0 Å². The molecule has 0 bridgehead atoms. The molecule has 1 radical (unpaired) electrons. The van der Waals surface area contributed by atoms with Crippen molar-refractivity contribution >= 4 is 21.8 Å². The van der Waals surface area contributed by atoms with Crippen molar-refractivity contribution in [3.63, 3.8) is 0 Å². The molecule has 0 spiro atoms. The summed E-state index contributed by atoms with van der Waals surface area (Å²) in [5.74, 6) is 5.17. The minimum atomic E-state index is -3.83. The molecular weight excluding hydrogens is 442 g/mol. The highest BCUT2D eigenvalue weighted by Gasteiger charge is 2.44. The first-order valence-corrected chi connectivity index (χ1v) is 12.5. The fourth-order valence-corrected chi connectivity index (χ4v) is 4.74. The van der Waals surface area contributed by atoms with Crippen molar-refractivity contribution in [1.82, 2.24) is 14.9 Å². The van der Waals surface area contributed by atoms with E-state index in [0.717, 1.165) is 30.4 Å². The molecule has 173 valence electrons. The molecule has 2 aromatic rings. The van der Waals surface area contributed by atoms with E-state index in [0.29, 0.717) is 5.56 Å². The molecule has 1 aliphatic heterocycles. The zero-order chi connectivity index (χ0) is 24.0. The molecule has 2 aliphatic rings. The summed E-state index contributed by atoms with van der Waals surface area (Å²) in [6.45, 7) is 5.78. The summed E-state index contributed by atoms with van der Waals surface area (Å²) in [4.78, 5) is 26.2. The molecule has 1 aromatic carbocycles. The van der Waals surface area contributed by atoms with E-state index in [4.69, 9.17) is 5.21 Å². The second-order valence-electron chi connectivity index (χ2n) is 9.10. The van der Waals surface area contributed by atoms with E-state index >= 15 is 0 Å². The van der Waals surface area contributed by atoms with Gasteiger partial charge in [0.05, 0.1) is 6.54 Å². The molecule has 8 nitrogen and oxygen atoms in total. The van der Waals surface area contributed by atoms with E-state index in [1.165, 1.54) is 27.4 Å². The Morgan fingerprint density at radius 3 is 2.42 bits per heavy atom. The second-order valence-corrected chi connectivity index (χ2v) is 11.5. The molecule has 2 amide bonds. The third kappa shape index (κ3) is 4.28. The van der Waals surface area contributed by atoms with E-state index in [9.17, 15) is 18.0 Å². The Morgan fingerprint density at radius 2 is 1.88 bits per heavy atom. The van der Waals surface area contributed by atoms with Gasteiger partial charge in [0.1, 0.15) is 0 Å². The maximum Gasteiger partial charge on any atom is 0.328 e. The number of carbonyl (C=O) groups excluding carboxylic acids is 2. The van der Waals surface area contributed by atoms with Gasteiger partial charge in [-0.05, 0) is 62.3 Å². The Bertz CT molecular complexity index is 1280. The predicted octanol–water partition coefficient (Wildman–Crippen LogP) is 2.24. The van der Waals surface area contributed by atoms with Crippen LogP contribution in [0.1, 0.15) is 48.6 Å². The average Bonchev–Trinajstić information content (AvgIpc) is 3.29. The molecule has 0 saturated heterocycles. The van der Waals surface area contributed by atoms with Crippen molar-refractivity contribution < 1.29 is 23.2 Å². The number of amides is 2. The number of sulfone groups is 1. The van der Waals surface area contributed by atoms with Gasteiger partial charge in [-0.15, -0.1) is 0 Å². The van der Waals surface area contributed by atoms with Crippen LogP contribution in [0.25, 0.3) is 0 Å². The lowest BCUT2D eigenvalue weighted by molar-refractivity contribution is -0.131. The normalized spacial score (nSPS) is 18.2. The maximum atomic E-state index is 12.8. The molecule has 0 unspecified atom stereocenters. The monoisotopic (exact) mass is 468 g/mol. The minimum absolute atomic E-state index is 0.0403. The number of fused-ring (bicyclic) bond motifs is 1. The first-order chi connectivity index (χ1) is 15.5. The molecule has 2 N–H and O–H groups in total. The first kappa shape index (κ1) is 23.1. The van der Waals surface area contributed by atoms with Crippen LogP contribution >= 0.6 is 0 Å². The number of rotatable bonds is 6. The fourth-order valence-electron chi connectivity index (χ4n) is 3.89. The van der Waals surface area contributed by atoms with Crippen LogP contribution in [0, 0.1) is 18.8 Å². The van der Waals surface area contributed by atoms with Crippen molar-refractivity contribution in [2.45, 2.75) is 42.9 Å². The largest absolute Gasteiger partial charge is 0.328 e. The van der Waals surface area contributed by atoms with Gasteiger partial charge < -0.3 is 4.90 Å². The molecule has 1 atom stereocenters. The number of nitrogens with one attached hydrogen (secondary N) is 1. The van der Waals surface area contributed by atoms with Crippen LogP contribution in [0.3, 0.4) is 0 Å².